The number of aliphatic carboxylic acids is 5. The van der Waals surface area contributed by atoms with Crippen molar-refractivity contribution in [3.63, 3.8) is 0 Å². The number of para-hydroxylation sites is 1. The number of unbranched alkanes of at least 4 members (excludes halogenated alkanes) is 19. The average Bonchev–Trinajstić information content (AvgIpc) is 0.959. The van der Waals surface area contributed by atoms with E-state index in [2.05, 4.69) is 46.6 Å². The van der Waals surface area contributed by atoms with Crippen molar-refractivity contribution in [2.75, 3.05) is 19.8 Å². The number of ether oxygens (including phenoxy) is 6. The molecule has 3 rings (SSSR count). The fourth-order valence-electron chi connectivity index (χ4n) is 7.64. The van der Waals surface area contributed by atoms with Crippen molar-refractivity contribution < 1.29 is 137 Å². The van der Waals surface area contributed by atoms with Crippen LogP contribution in [-0.2, 0) is 71.6 Å². The number of hydrogen-bond acceptors (Lipinski definition) is 21. The standard InChI is InChI=1S/C18H36O2.C14H20O3.C8H16O2.C7H6O2.2C6H10O4.C6H6O.C4H6O6.C4H6O4/c1-3-5-7-9-10-12-14-16-18(20-17-19)15-13-11-8-6-4-2;1-2-3-4-5-6-11-17-13-9-7-12(8-10-13)14(15)16;1-2-3-4-5-6-7-8(9)10;8-7(9)6-4-2-1-3-5-6;1-6(2,10-4-7)3-5(8)9;7-5-10-4-2-1-3-6(8)9;7-6-4-2-1-3-5-6;5-1-10-4(9)2(6)3(7)8;5-3-8-2-1-4(6)7/h17-18H,3-16H2,1-2H3;7-10H,2-6,11H2,1H3,(H,15,16);2-7H2,1H3,(H,9,10);1-5H,(H,8,9);4H,3H2,1-2H3,(H,8,9);5H,1-4H2,(H,8,9);1-5,7H;1-2,4,6,9H,(H,7,8);3H,1-2H2,(H,6,7). The number of aliphatic hydroxyl groups is 2. The van der Waals surface area contributed by atoms with Gasteiger partial charge in [-0.1, -0.05) is 180 Å². The monoisotopic (exact) mass is 1440 g/mol. The summed E-state index contributed by atoms with van der Waals surface area (Å²) in [5.74, 6) is -5.81. The number of aromatic hydroxyl groups is 1. The van der Waals surface area contributed by atoms with Crippen molar-refractivity contribution in [1.82, 2.24) is 0 Å². The van der Waals surface area contributed by atoms with Crippen LogP contribution in [0.2, 0.25) is 0 Å². The molecule has 0 heterocycles. The van der Waals surface area contributed by atoms with Crippen LogP contribution >= 0.6 is 0 Å². The van der Waals surface area contributed by atoms with Gasteiger partial charge in [-0.15, -0.1) is 0 Å². The minimum absolute atomic E-state index is 0.0428. The Morgan fingerprint density at radius 2 is 0.782 bits per heavy atom. The number of carbonyl (C=O) groups excluding carboxylic acids is 5. The number of aliphatic hydroxyl groups excluding tert-OH is 2. The summed E-state index contributed by atoms with van der Waals surface area (Å²) in [4.78, 5) is 119. The lowest BCUT2D eigenvalue weighted by Crippen LogP contribution is -2.35. The van der Waals surface area contributed by atoms with Gasteiger partial charge in [-0.05, 0) is 114 Å². The summed E-state index contributed by atoms with van der Waals surface area (Å²) in [6, 6.07) is 23.5. The first kappa shape index (κ1) is 103. The Bertz CT molecular complexity index is 2480. The first-order chi connectivity index (χ1) is 48.2. The van der Waals surface area contributed by atoms with Crippen molar-refractivity contribution >= 4 is 74.1 Å². The molecule has 0 radical (unpaired) electrons. The summed E-state index contributed by atoms with van der Waals surface area (Å²) in [5.41, 5.74) is -0.272. The Labute approximate surface area is 594 Å². The van der Waals surface area contributed by atoms with Crippen LogP contribution in [0.3, 0.4) is 0 Å². The zero-order chi connectivity index (χ0) is 77.6. The van der Waals surface area contributed by atoms with Gasteiger partial charge in [0.05, 0.1) is 37.2 Å². The highest BCUT2D eigenvalue weighted by Gasteiger charge is 2.24. The molecule has 10 N–H and O–H groups in total. The molecule has 0 fully saturated rings. The molecule has 28 heteroatoms. The SMILES string of the molecule is CC(C)(CC(=O)O)OC=O.CCCCCCCC(=O)O.CCCCCCCCCC(CCCCCCC)OC=O.CCCCCCCOc1ccc(C(=O)O)cc1.O=C(O)c1ccccc1.O=COC(O)C(O)C(=O)O.O=COCCC(=O)O.O=COCCCCC(=O)O.Oc1ccccc1. The summed E-state index contributed by atoms with van der Waals surface area (Å²) < 4.78 is 27.4. The quantitative estimate of drug-likeness (QED) is 0.0109. The van der Waals surface area contributed by atoms with Crippen LogP contribution < -0.4 is 4.74 Å². The van der Waals surface area contributed by atoms with E-state index >= 15 is 0 Å². The van der Waals surface area contributed by atoms with Crippen molar-refractivity contribution in [1.29, 1.82) is 0 Å². The van der Waals surface area contributed by atoms with E-state index in [1.807, 2.05) is 6.07 Å². The molecule has 576 valence electrons. The molecule has 0 aliphatic heterocycles. The fourth-order valence-corrected chi connectivity index (χ4v) is 7.64. The van der Waals surface area contributed by atoms with Crippen molar-refractivity contribution in [3.05, 3.63) is 96.1 Å². The van der Waals surface area contributed by atoms with Crippen molar-refractivity contribution in [2.24, 2.45) is 0 Å². The third kappa shape index (κ3) is 86.9. The lowest BCUT2D eigenvalue weighted by atomic mass is 10.0. The van der Waals surface area contributed by atoms with Crippen molar-refractivity contribution in [2.45, 2.75) is 258 Å². The Hall–Kier alpha value is -9.18. The zero-order valence-corrected chi connectivity index (χ0v) is 59.9. The second-order valence-electron chi connectivity index (χ2n) is 22.5. The molecule has 3 aromatic rings. The van der Waals surface area contributed by atoms with Crippen LogP contribution in [0.4, 0.5) is 0 Å². The molecule has 0 aliphatic carbocycles. The lowest BCUT2D eigenvalue weighted by molar-refractivity contribution is -0.185. The average molecular weight is 1440 g/mol. The molecule has 0 saturated heterocycles. The van der Waals surface area contributed by atoms with Gasteiger partial charge in [0.2, 0.25) is 12.4 Å². The minimum Gasteiger partial charge on any atom is -0.508 e. The number of phenolic OH excluding ortho intramolecular Hbond substituents is 1. The third-order valence-electron chi connectivity index (χ3n) is 13.0. The topological polar surface area (TPSA) is 463 Å². The highest BCUT2D eigenvalue weighted by atomic mass is 16.6. The Morgan fingerprint density at radius 1 is 0.406 bits per heavy atom. The highest BCUT2D eigenvalue weighted by molar-refractivity contribution is 5.88. The first-order valence-electron chi connectivity index (χ1n) is 34.0. The molecule has 0 amide bonds. The van der Waals surface area contributed by atoms with Gasteiger partial charge in [0.25, 0.3) is 32.4 Å². The molecule has 0 saturated carbocycles. The van der Waals surface area contributed by atoms with E-state index in [1.54, 1.807) is 78.9 Å². The molecular weight excluding hydrogens is 1320 g/mol. The van der Waals surface area contributed by atoms with Crippen LogP contribution in [0.1, 0.15) is 255 Å². The van der Waals surface area contributed by atoms with Gasteiger partial charge in [-0.3, -0.25) is 43.2 Å². The number of hydrogen-bond donors (Lipinski definition) is 10. The van der Waals surface area contributed by atoms with Gasteiger partial charge in [0.15, 0.2) is 0 Å². The number of benzene rings is 3. The van der Waals surface area contributed by atoms with Gasteiger partial charge in [-0.25, -0.2) is 14.4 Å². The van der Waals surface area contributed by atoms with Gasteiger partial charge < -0.3 is 79.5 Å². The van der Waals surface area contributed by atoms with Gasteiger partial charge >= 0.3 is 41.8 Å². The van der Waals surface area contributed by atoms with E-state index in [4.69, 9.17) is 60.5 Å². The maximum absolute atomic E-state index is 10.6. The molecule has 101 heavy (non-hydrogen) atoms. The van der Waals surface area contributed by atoms with Crippen LogP contribution in [0.5, 0.6) is 11.5 Å². The van der Waals surface area contributed by atoms with E-state index in [0.29, 0.717) is 62.3 Å². The first-order valence-corrected chi connectivity index (χ1v) is 34.0. The van der Waals surface area contributed by atoms with E-state index < -0.39 is 59.8 Å². The van der Waals surface area contributed by atoms with E-state index in [-0.39, 0.29) is 51.4 Å². The lowest BCUT2D eigenvalue weighted by Gasteiger charge is -2.19. The smallest absolute Gasteiger partial charge is 0.339 e. The highest BCUT2D eigenvalue weighted by Crippen LogP contribution is 2.17. The Morgan fingerprint density at radius 3 is 1.14 bits per heavy atom. The second kappa shape index (κ2) is 78.2. The molecule has 3 unspecified atom stereocenters. The third-order valence-corrected chi connectivity index (χ3v) is 13.0. The largest absolute Gasteiger partial charge is 0.508 e. The molecular formula is C73H116O28. The van der Waals surface area contributed by atoms with E-state index in [9.17, 15) is 57.5 Å². The normalized spacial score (nSPS) is 10.6. The molecule has 3 atom stereocenters. The minimum atomic E-state index is -2.09. The van der Waals surface area contributed by atoms with Crippen LogP contribution in [-0.4, -0.2) is 169 Å². The Balaban J connectivity index is -0.000000257. The predicted octanol–water partition coefficient (Wildman–Crippen LogP) is 13.4. The number of carbonyl (C=O) groups is 12. The Kier molecular flexibility index (Phi) is 79.6. The maximum Gasteiger partial charge on any atom is 0.339 e. The molecule has 3 aromatic carbocycles. The van der Waals surface area contributed by atoms with E-state index in [0.717, 1.165) is 37.9 Å². The summed E-state index contributed by atoms with van der Waals surface area (Å²) in [5, 5.41) is 83.2. The zero-order valence-electron chi connectivity index (χ0n) is 59.9. The number of aromatic carboxylic acids is 2. The summed E-state index contributed by atoms with van der Waals surface area (Å²) in [6.45, 7) is 14.2. The summed E-state index contributed by atoms with van der Waals surface area (Å²) in [6.07, 6.45) is 26.8. The summed E-state index contributed by atoms with van der Waals surface area (Å²) in [7, 11) is 0. The summed E-state index contributed by atoms with van der Waals surface area (Å²) >= 11 is 0. The van der Waals surface area contributed by atoms with E-state index in [1.165, 1.54) is 136 Å². The van der Waals surface area contributed by atoms with Gasteiger partial charge in [0, 0.05) is 12.8 Å². The molecule has 0 spiro atoms. The number of carboxylic acids is 7. The fraction of sp³-hybridized carbons (Fsp3) is 0.589. The molecule has 0 aromatic heterocycles. The predicted molar refractivity (Wildman–Crippen MR) is 375 cm³/mol. The number of rotatable bonds is 49. The van der Waals surface area contributed by atoms with Crippen LogP contribution in [0, 0.1) is 0 Å². The van der Waals surface area contributed by atoms with Gasteiger partial charge in [0.1, 0.15) is 29.8 Å². The number of carboxylic acid groups (broad SMARTS) is 7. The molecule has 28 nitrogen and oxygen atoms in total. The number of phenols is 1. The second-order valence-corrected chi connectivity index (χ2v) is 22.5. The van der Waals surface area contributed by atoms with Crippen LogP contribution in [0.25, 0.3) is 0 Å². The maximum atomic E-state index is 10.6. The molecule has 0 aliphatic rings. The molecule has 0 bridgehead atoms. The van der Waals surface area contributed by atoms with Crippen LogP contribution in [0.15, 0.2) is 84.9 Å². The van der Waals surface area contributed by atoms with Gasteiger partial charge in [-0.2, -0.15) is 0 Å². The van der Waals surface area contributed by atoms with Crippen molar-refractivity contribution in [3.8, 4) is 11.5 Å².